The lowest BCUT2D eigenvalue weighted by Crippen LogP contribution is -2.29. The number of carbonyl (C=O) groups is 3. The number of rotatable bonds is 10. The third-order valence-electron chi connectivity index (χ3n) is 5.67. The van der Waals surface area contributed by atoms with E-state index in [-0.39, 0.29) is 38.8 Å². The van der Waals surface area contributed by atoms with E-state index >= 15 is 0 Å². The van der Waals surface area contributed by atoms with Crippen LogP contribution in [-0.4, -0.2) is 89.2 Å². The maximum atomic E-state index is 11.7. The fraction of sp³-hybridized carbons (Fsp3) is 0.438. The van der Waals surface area contributed by atoms with Crippen molar-refractivity contribution in [1.82, 2.24) is 24.8 Å². The molecule has 0 aliphatic carbocycles. The molecule has 11 nitrogen and oxygen atoms in total. The summed E-state index contributed by atoms with van der Waals surface area (Å²) in [5.74, 6) is -1.47. The van der Waals surface area contributed by atoms with Gasteiger partial charge in [-0.25, -0.2) is 4.79 Å². The third-order valence-corrected chi connectivity index (χ3v) is 5.67. The normalized spacial score (nSPS) is 11.9. The Labute approximate surface area is 256 Å². The van der Waals surface area contributed by atoms with Gasteiger partial charge in [0.25, 0.3) is 0 Å². The second kappa shape index (κ2) is 22.4. The molecule has 0 aromatic carbocycles. The summed E-state index contributed by atoms with van der Waals surface area (Å²) in [7, 11) is 7.17. The summed E-state index contributed by atoms with van der Waals surface area (Å²) in [6, 6.07) is 9.75. The third kappa shape index (κ3) is 14.5. The number of nitrogens with zero attached hydrogens (tertiary/aromatic N) is 5. The van der Waals surface area contributed by atoms with Crippen molar-refractivity contribution in [2.75, 3.05) is 41.4 Å². The van der Waals surface area contributed by atoms with Crippen LogP contribution in [0.4, 0.5) is 0 Å². The van der Waals surface area contributed by atoms with Gasteiger partial charge in [0.1, 0.15) is 12.1 Å². The van der Waals surface area contributed by atoms with Crippen molar-refractivity contribution >= 4 is 17.9 Å². The Morgan fingerprint density at radius 2 is 0.977 bits per heavy atom. The molecule has 0 amide bonds. The second-order valence-corrected chi connectivity index (χ2v) is 9.14. The van der Waals surface area contributed by atoms with Crippen LogP contribution in [-0.2, 0) is 23.9 Å². The molecule has 0 aliphatic rings. The van der Waals surface area contributed by atoms with Crippen molar-refractivity contribution < 1.29 is 29.0 Å². The van der Waals surface area contributed by atoms with Crippen LogP contribution in [0.15, 0.2) is 73.6 Å². The minimum Gasteiger partial charge on any atom is -0.480 e. The molecule has 1 N–H and O–H groups in total. The number of carbonyl (C=O) groups excluding carboxylic acids is 2. The molecular weight excluding hydrogens is 550 g/mol. The predicted octanol–water partition coefficient (Wildman–Crippen LogP) is 5.04. The molecule has 0 bridgehead atoms. The van der Waals surface area contributed by atoms with Gasteiger partial charge in [0, 0.05) is 37.2 Å². The number of aromatic nitrogens is 3. The molecule has 238 valence electrons. The maximum absolute atomic E-state index is 11.7. The van der Waals surface area contributed by atoms with Crippen LogP contribution in [0.3, 0.4) is 0 Å². The predicted molar refractivity (Wildman–Crippen MR) is 168 cm³/mol. The van der Waals surface area contributed by atoms with Gasteiger partial charge in [-0.2, -0.15) is 0 Å². The lowest BCUT2D eigenvalue weighted by atomic mass is 10.0. The van der Waals surface area contributed by atoms with Gasteiger partial charge in [-0.05, 0) is 102 Å². The second-order valence-electron chi connectivity index (χ2n) is 9.14. The van der Waals surface area contributed by atoms with Crippen molar-refractivity contribution in [3.8, 4) is 0 Å². The topological polar surface area (TPSA) is 135 Å². The van der Waals surface area contributed by atoms with Crippen LogP contribution < -0.4 is 0 Å². The number of pyridine rings is 3. The number of likely N-dealkylation sites (N-methyl/N-ethyl adjacent to an activating group) is 2. The van der Waals surface area contributed by atoms with Gasteiger partial charge < -0.3 is 14.6 Å². The van der Waals surface area contributed by atoms with E-state index < -0.39 is 12.0 Å². The molecule has 0 radical (unpaired) electrons. The average molecular weight is 600 g/mol. The fourth-order valence-corrected chi connectivity index (χ4v) is 3.67. The monoisotopic (exact) mass is 599 g/mol. The largest absolute Gasteiger partial charge is 0.480 e. The molecule has 3 aromatic heterocycles. The Morgan fingerprint density at radius 3 is 1.30 bits per heavy atom. The lowest BCUT2D eigenvalue weighted by molar-refractivity contribution is -0.149. The Bertz CT molecular complexity index is 1160. The first-order valence-electron chi connectivity index (χ1n) is 13.1. The molecule has 11 heteroatoms. The van der Waals surface area contributed by atoms with Crippen molar-refractivity contribution in [3.05, 3.63) is 90.3 Å². The summed E-state index contributed by atoms with van der Waals surface area (Å²) in [6.07, 6.45) is 9.87. The van der Waals surface area contributed by atoms with Crippen LogP contribution in [0.2, 0.25) is 0 Å². The molecule has 3 rings (SSSR count). The van der Waals surface area contributed by atoms with Gasteiger partial charge in [0.05, 0.1) is 19.1 Å². The van der Waals surface area contributed by atoms with E-state index in [9.17, 15) is 14.4 Å². The highest BCUT2D eigenvalue weighted by atomic mass is 16.5. The Hall–Kier alpha value is -4.22. The SMILES string of the molecule is C.C.CCOC(=O)C(C)c1ccncc1.CCOC(=O)C(c1ccncc1)N(C)C.CN(C)C(C(=O)O)c1ccncc1. The zero-order valence-corrected chi connectivity index (χ0v) is 24.8. The molecular formula is C32H49N5O6. The molecule has 3 unspecified atom stereocenters. The van der Waals surface area contributed by atoms with Crippen LogP contribution in [0.1, 0.15) is 70.3 Å². The van der Waals surface area contributed by atoms with E-state index in [4.69, 9.17) is 14.6 Å². The summed E-state index contributed by atoms with van der Waals surface area (Å²) >= 11 is 0. The van der Waals surface area contributed by atoms with E-state index in [2.05, 4.69) is 15.0 Å². The van der Waals surface area contributed by atoms with Gasteiger partial charge in [-0.1, -0.05) is 14.9 Å². The Morgan fingerprint density at radius 1 is 0.651 bits per heavy atom. The van der Waals surface area contributed by atoms with E-state index in [1.165, 1.54) is 0 Å². The Kier molecular flexibility index (Phi) is 21.3. The molecule has 0 saturated heterocycles. The molecule has 3 atom stereocenters. The highest BCUT2D eigenvalue weighted by Crippen LogP contribution is 2.19. The highest BCUT2D eigenvalue weighted by molar-refractivity contribution is 5.78. The lowest BCUT2D eigenvalue weighted by Gasteiger charge is -2.22. The summed E-state index contributed by atoms with van der Waals surface area (Å²) in [4.78, 5) is 49.0. The van der Waals surface area contributed by atoms with E-state index in [1.54, 1.807) is 82.2 Å². The zero-order chi connectivity index (χ0) is 30.8. The molecule has 0 saturated carbocycles. The van der Waals surface area contributed by atoms with Gasteiger partial charge in [0.15, 0.2) is 0 Å². The van der Waals surface area contributed by atoms with Gasteiger partial charge in [-0.3, -0.25) is 34.3 Å². The van der Waals surface area contributed by atoms with Gasteiger partial charge >= 0.3 is 17.9 Å². The number of aliphatic carboxylic acids is 1. The number of hydrogen-bond acceptors (Lipinski definition) is 10. The number of carboxylic acid groups (broad SMARTS) is 1. The van der Waals surface area contributed by atoms with Gasteiger partial charge in [0.2, 0.25) is 0 Å². The van der Waals surface area contributed by atoms with Crippen molar-refractivity contribution in [2.45, 2.75) is 53.6 Å². The quantitative estimate of drug-likeness (QED) is 0.314. The number of esters is 2. The maximum Gasteiger partial charge on any atom is 0.327 e. The fourth-order valence-electron chi connectivity index (χ4n) is 3.67. The summed E-state index contributed by atoms with van der Waals surface area (Å²) < 4.78 is 9.92. The summed E-state index contributed by atoms with van der Waals surface area (Å²) in [6.45, 7) is 6.25. The van der Waals surface area contributed by atoms with Gasteiger partial charge in [-0.15, -0.1) is 0 Å². The molecule has 0 fully saturated rings. The van der Waals surface area contributed by atoms with E-state index in [0.29, 0.717) is 13.2 Å². The van der Waals surface area contributed by atoms with Crippen molar-refractivity contribution in [3.63, 3.8) is 0 Å². The summed E-state index contributed by atoms with van der Waals surface area (Å²) in [5, 5.41) is 8.94. The molecule has 0 spiro atoms. The van der Waals surface area contributed by atoms with Crippen molar-refractivity contribution in [1.29, 1.82) is 0 Å². The van der Waals surface area contributed by atoms with E-state index in [0.717, 1.165) is 16.7 Å². The minimum absolute atomic E-state index is 0. The van der Waals surface area contributed by atoms with Crippen LogP contribution in [0, 0.1) is 0 Å². The molecule has 0 aliphatic heterocycles. The number of hydrogen-bond donors (Lipinski definition) is 1. The molecule has 43 heavy (non-hydrogen) atoms. The first-order chi connectivity index (χ1) is 19.5. The number of carboxylic acids is 1. The average Bonchev–Trinajstić information content (AvgIpc) is 2.95. The van der Waals surface area contributed by atoms with E-state index in [1.807, 2.05) is 50.2 Å². The summed E-state index contributed by atoms with van der Waals surface area (Å²) in [5.41, 5.74) is 2.58. The van der Waals surface area contributed by atoms with Crippen LogP contribution in [0.5, 0.6) is 0 Å². The Balaban J connectivity index is 0. The van der Waals surface area contributed by atoms with Crippen LogP contribution >= 0.6 is 0 Å². The first kappa shape index (κ1) is 40.9. The first-order valence-corrected chi connectivity index (χ1v) is 13.1. The number of ether oxygens (including phenoxy) is 2. The van der Waals surface area contributed by atoms with Crippen molar-refractivity contribution in [2.24, 2.45) is 0 Å². The smallest absolute Gasteiger partial charge is 0.327 e. The zero-order valence-electron chi connectivity index (χ0n) is 24.8. The highest BCUT2D eigenvalue weighted by Gasteiger charge is 2.24. The molecule has 3 aromatic rings. The molecule has 3 heterocycles. The minimum atomic E-state index is -0.851. The standard InChI is InChI=1S/C11H16N2O2.C10H13NO2.C9H12N2O2.2CH4/c1-4-15-11(14)10(13(2)3)9-5-7-12-8-6-9;1-3-13-10(12)8(2)9-4-6-11-7-5-9;1-11(2)8(9(12)13)7-3-5-10-6-4-7;;/h5-8,10H,4H2,1-3H3;4-8H,3H2,1-2H3;3-6,8H,1-2H3,(H,12,13);2*1H4. The van der Waals surface area contributed by atoms with Crippen LogP contribution in [0.25, 0.3) is 0 Å².